The first-order valence-corrected chi connectivity index (χ1v) is 14.2. The topological polar surface area (TPSA) is 78.2 Å². The van der Waals surface area contributed by atoms with Crippen molar-refractivity contribution in [2.75, 3.05) is 12.0 Å². The summed E-state index contributed by atoms with van der Waals surface area (Å²) in [6.07, 6.45) is -1.10. The first-order valence-electron chi connectivity index (χ1n) is 12.8. The second-order valence-electron chi connectivity index (χ2n) is 9.33. The number of anilines is 1. The minimum Gasteiger partial charge on any atom is -0.496 e. The average Bonchev–Trinajstić information content (AvgIpc) is 3.27. The van der Waals surface area contributed by atoms with E-state index in [1.807, 2.05) is 43.3 Å². The van der Waals surface area contributed by atoms with Gasteiger partial charge in [-0.05, 0) is 66.2 Å². The van der Waals surface area contributed by atoms with E-state index in [4.69, 9.17) is 17.0 Å². The fourth-order valence-corrected chi connectivity index (χ4v) is 5.87. The third-order valence-electron chi connectivity index (χ3n) is 6.64. The van der Waals surface area contributed by atoms with Crippen LogP contribution < -0.4 is 15.0 Å². The highest BCUT2D eigenvalue weighted by atomic mass is 32.2. The average molecular weight is 599 g/mol. The van der Waals surface area contributed by atoms with E-state index in [9.17, 15) is 18.8 Å². The molecule has 6 nitrogen and oxygen atoms in total. The van der Waals surface area contributed by atoms with Gasteiger partial charge >= 0.3 is 0 Å². The number of hydrogen-bond acceptors (Lipinski definition) is 6. The fourth-order valence-electron chi connectivity index (χ4n) is 4.59. The van der Waals surface area contributed by atoms with Gasteiger partial charge in [0.2, 0.25) is 0 Å². The molecule has 0 aliphatic carbocycles. The minimum absolute atomic E-state index is 0.201. The maximum Gasteiger partial charge on any atom is 0.281 e. The summed E-state index contributed by atoms with van der Waals surface area (Å²) in [4.78, 5) is 18.9. The Hall–Kier alpha value is -4.59. The Morgan fingerprint density at radius 1 is 1.12 bits per heavy atom. The zero-order valence-corrected chi connectivity index (χ0v) is 24.2. The van der Waals surface area contributed by atoms with Crippen LogP contribution >= 0.6 is 24.0 Å². The molecule has 0 spiro atoms. The maximum absolute atomic E-state index is 13.8. The molecule has 10 heteroatoms. The molecule has 0 unspecified atom stereocenters. The second-order valence-corrected chi connectivity index (χ2v) is 10.7. The van der Waals surface area contributed by atoms with Gasteiger partial charge in [-0.2, -0.15) is 5.26 Å². The summed E-state index contributed by atoms with van der Waals surface area (Å²) in [6.45, 7) is 1.91. The van der Waals surface area contributed by atoms with Crippen molar-refractivity contribution in [1.29, 1.82) is 5.26 Å². The van der Waals surface area contributed by atoms with Crippen LogP contribution in [0.15, 0.2) is 89.6 Å². The molecule has 1 amide bonds. The molecular formula is C32H24F2N4O2S2. The van der Waals surface area contributed by atoms with Crippen molar-refractivity contribution in [2.45, 2.75) is 24.1 Å². The SMILES string of the molecule is COc1ccc(/C=C2/NC(=S)N(c3ccccc3C)C2=O)cc1CSc1nc(C(F)F)cc(-c2ccccc2)c1C#N. The summed E-state index contributed by atoms with van der Waals surface area (Å²) in [5.74, 6) is 0.568. The fraction of sp³-hybridized carbons (Fsp3) is 0.125. The molecule has 1 N–H and O–H groups in total. The summed E-state index contributed by atoms with van der Waals surface area (Å²) in [7, 11) is 1.53. The van der Waals surface area contributed by atoms with Gasteiger partial charge in [-0.1, -0.05) is 54.6 Å². The van der Waals surface area contributed by atoms with E-state index in [2.05, 4.69) is 16.4 Å². The molecule has 2 heterocycles. The van der Waals surface area contributed by atoms with Gasteiger partial charge in [0.15, 0.2) is 5.11 Å². The van der Waals surface area contributed by atoms with Crippen LogP contribution in [-0.2, 0) is 10.5 Å². The molecule has 0 atom stereocenters. The first-order chi connectivity index (χ1) is 20.3. The number of benzene rings is 3. The van der Waals surface area contributed by atoms with Crippen molar-refractivity contribution in [2.24, 2.45) is 0 Å². The smallest absolute Gasteiger partial charge is 0.281 e. The van der Waals surface area contributed by atoms with Gasteiger partial charge in [-0.3, -0.25) is 9.69 Å². The van der Waals surface area contributed by atoms with E-state index < -0.39 is 12.1 Å². The Kier molecular flexibility index (Phi) is 8.61. The molecule has 1 aliphatic rings. The number of nitrogens with zero attached hydrogens (tertiary/aromatic N) is 3. The van der Waals surface area contributed by atoms with Gasteiger partial charge in [-0.25, -0.2) is 13.8 Å². The lowest BCUT2D eigenvalue weighted by atomic mass is 10.0. The number of alkyl halides is 2. The van der Waals surface area contributed by atoms with Crippen LogP contribution in [0.3, 0.4) is 0 Å². The normalized spacial score (nSPS) is 13.9. The Morgan fingerprint density at radius 3 is 2.55 bits per heavy atom. The van der Waals surface area contributed by atoms with E-state index in [0.29, 0.717) is 33.8 Å². The monoisotopic (exact) mass is 598 g/mol. The van der Waals surface area contributed by atoms with Gasteiger partial charge in [0.05, 0.1) is 18.4 Å². The minimum atomic E-state index is -2.80. The number of thioether (sulfide) groups is 1. The molecule has 1 aromatic heterocycles. The molecule has 4 aromatic rings. The molecule has 1 aliphatic heterocycles. The molecule has 1 fully saturated rings. The largest absolute Gasteiger partial charge is 0.496 e. The molecule has 0 saturated carbocycles. The number of carbonyl (C=O) groups excluding carboxylic acids is 1. The summed E-state index contributed by atoms with van der Waals surface area (Å²) >= 11 is 6.62. The number of ether oxygens (including phenoxy) is 1. The number of aromatic nitrogens is 1. The van der Waals surface area contributed by atoms with E-state index in [0.717, 1.165) is 11.1 Å². The number of nitriles is 1. The molecule has 0 radical (unpaired) electrons. The standard InChI is InChI=1S/C32H24F2N4O2S2/c1-19-8-6-7-11-27(19)38-31(39)26(37-32(38)41)15-20-12-13-28(40-2)22(14-20)18-42-30-24(17-35)23(16-25(36-30)29(33)34)21-9-4-3-5-10-21/h3-16,29H,18H2,1-2H3,(H,37,41)/b26-15+. The van der Waals surface area contributed by atoms with Crippen LogP contribution in [-0.4, -0.2) is 23.1 Å². The van der Waals surface area contributed by atoms with Gasteiger partial charge in [0, 0.05) is 16.9 Å². The van der Waals surface area contributed by atoms with Crippen LogP contribution in [0.25, 0.3) is 17.2 Å². The summed E-state index contributed by atoms with van der Waals surface area (Å²) in [5, 5.41) is 13.5. The number of methoxy groups -OCH3 is 1. The Bertz CT molecular complexity index is 1750. The Labute approximate surface area is 251 Å². The molecule has 0 bridgehead atoms. The van der Waals surface area contributed by atoms with E-state index >= 15 is 0 Å². The molecule has 42 heavy (non-hydrogen) atoms. The number of nitrogens with one attached hydrogen (secondary N) is 1. The number of para-hydroxylation sites is 1. The zero-order valence-electron chi connectivity index (χ0n) is 22.6. The van der Waals surface area contributed by atoms with Crippen LogP contribution in [0.5, 0.6) is 5.75 Å². The number of rotatable bonds is 8. The van der Waals surface area contributed by atoms with Crippen LogP contribution in [0.2, 0.25) is 0 Å². The maximum atomic E-state index is 13.8. The van der Waals surface area contributed by atoms with Gasteiger partial charge in [0.25, 0.3) is 12.3 Å². The lowest BCUT2D eigenvalue weighted by Gasteiger charge is -2.16. The van der Waals surface area contributed by atoms with Crippen molar-refractivity contribution < 1.29 is 18.3 Å². The van der Waals surface area contributed by atoms with Crippen molar-refractivity contribution in [3.05, 3.63) is 113 Å². The predicted molar refractivity (Wildman–Crippen MR) is 164 cm³/mol. The van der Waals surface area contributed by atoms with Crippen LogP contribution in [0.4, 0.5) is 14.5 Å². The quantitative estimate of drug-likeness (QED) is 0.128. The van der Waals surface area contributed by atoms with Gasteiger partial charge in [-0.15, -0.1) is 11.8 Å². The second kappa shape index (κ2) is 12.5. The molecule has 5 rings (SSSR count). The highest BCUT2D eigenvalue weighted by Gasteiger charge is 2.32. The van der Waals surface area contributed by atoms with Crippen LogP contribution in [0, 0.1) is 18.3 Å². The number of halogens is 2. The first kappa shape index (κ1) is 28.9. The van der Waals surface area contributed by atoms with Crippen LogP contribution in [0.1, 0.15) is 34.4 Å². The van der Waals surface area contributed by atoms with E-state index in [1.54, 1.807) is 42.5 Å². The third-order valence-corrected chi connectivity index (χ3v) is 7.95. The lowest BCUT2D eigenvalue weighted by molar-refractivity contribution is -0.113. The highest BCUT2D eigenvalue weighted by molar-refractivity contribution is 7.98. The summed E-state index contributed by atoms with van der Waals surface area (Å²) in [6, 6.07) is 25.2. The number of thiocarbonyl (C=S) groups is 1. The van der Waals surface area contributed by atoms with E-state index in [-0.39, 0.29) is 27.4 Å². The summed E-state index contributed by atoms with van der Waals surface area (Å²) < 4.78 is 33.1. The molecular weight excluding hydrogens is 575 g/mol. The van der Waals surface area contributed by atoms with Crippen molar-refractivity contribution in [3.63, 3.8) is 0 Å². The number of pyridine rings is 1. The molecule has 3 aromatic carbocycles. The highest BCUT2D eigenvalue weighted by Crippen LogP contribution is 2.36. The number of hydrogen-bond donors (Lipinski definition) is 1. The van der Waals surface area contributed by atoms with Gasteiger partial charge < -0.3 is 10.1 Å². The van der Waals surface area contributed by atoms with Crippen molar-refractivity contribution in [3.8, 4) is 22.9 Å². The molecule has 1 saturated heterocycles. The Balaban J connectivity index is 1.46. The van der Waals surface area contributed by atoms with E-state index in [1.165, 1.54) is 29.8 Å². The lowest BCUT2D eigenvalue weighted by Crippen LogP contribution is -2.30. The van der Waals surface area contributed by atoms with Crippen molar-refractivity contribution in [1.82, 2.24) is 10.3 Å². The zero-order chi connectivity index (χ0) is 29.8. The predicted octanol–water partition coefficient (Wildman–Crippen LogP) is 7.43. The number of aryl methyl sites for hydroxylation is 1. The number of amides is 1. The van der Waals surface area contributed by atoms with Gasteiger partial charge in [0.1, 0.15) is 28.2 Å². The Morgan fingerprint density at radius 2 is 1.86 bits per heavy atom. The third kappa shape index (κ3) is 5.88. The molecule has 210 valence electrons. The summed E-state index contributed by atoms with van der Waals surface area (Å²) in [5.41, 5.74) is 4.24. The van der Waals surface area contributed by atoms with Crippen molar-refractivity contribution >= 4 is 46.8 Å². The number of carbonyl (C=O) groups is 1.